The Morgan fingerprint density at radius 3 is 2.44 bits per heavy atom. The molecule has 0 radical (unpaired) electrons. The van der Waals surface area contributed by atoms with Gasteiger partial charge in [-0.25, -0.2) is 8.42 Å². The van der Waals surface area contributed by atoms with Crippen LogP contribution in [-0.4, -0.2) is 36.7 Å². The number of H-pyrrole nitrogens is 1. The number of rotatable bonds is 5. The highest BCUT2D eigenvalue weighted by atomic mass is 32.2. The Kier molecular flexibility index (Phi) is 4.96. The van der Waals surface area contributed by atoms with E-state index < -0.39 is 10.0 Å². The predicted octanol–water partition coefficient (Wildman–Crippen LogP) is 2.35. The van der Waals surface area contributed by atoms with Gasteiger partial charge in [-0.3, -0.25) is 4.79 Å². The molecule has 0 saturated carbocycles. The largest absolute Gasteiger partial charge is 0.353 e. The molecule has 6 nitrogen and oxygen atoms in total. The lowest BCUT2D eigenvalue weighted by Crippen LogP contribution is -2.29. The molecule has 0 aliphatic carbocycles. The number of carbonyl (C=O) groups excluding carboxylic acids is 1. The van der Waals surface area contributed by atoms with Crippen LogP contribution < -0.4 is 5.32 Å². The number of hydrogen-bond acceptors (Lipinski definition) is 3. The van der Waals surface area contributed by atoms with Crippen molar-refractivity contribution in [1.29, 1.82) is 0 Å². The molecule has 134 valence electrons. The second-order valence-corrected chi connectivity index (χ2v) is 8.23. The average Bonchev–Trinajstić information content (AvgIpc) is 3.22. The molecule has 0 bridgehead atoms. The van der Waals surface area contributed by atoms with Crippen molar-refractivity contribution >= 4 is 15.9 Å². The summed E-state index contributed by atoms with van der Waals surface area (Å²) in [7, 11) is -3.56. The number of hydrogen-bond donors (Lipinski definition) is 2. The van der Waals surface area contributed by atoms with E-state index in [1.165, 1.54) is 4.31 Å². The van der Waals surface area contributed by atoms with Crippen LogP contribution in [0.5, 0.6) is 0 Å². The van der Waals surface area contributed by atoms with Gasteiger partial charge in [0.1, 0.15) is 10.6 Å². The lowest BCUT2D eigenvalue weighted by molar-refractivity contribution is 0.0945. The summed E-state index contributed by atoms with van der Waals surface area (Å²) < 4.78 is 27.2. The fourth-order valence-corrected chi connectivity index (χ4v) is 5.20. The summed E-state index contributed by atoms with van der Waals surface area (Å²) >= 11 is 0. The van der Waals surface area contributed by atoms with E-state index in [0.29, 0.717) is 36.6 Å². The molecular weight excluding hydrogens is 338 g/mol. The topological polar surface area (TPSA) is 82.3 Å². The Morgan fingerprint density at radius 1 is 1.16 bits per heavy atom. The second kappa shape index (κ2) is 7.01. The number of amides is 1. The molecule has 0 spiro atoms. The zero-order chi connectivity index (χ0) is 18.0. The van der Waals surface area contributed by atoms with E-state index in [2.05, 4.69) is 10.3 Å². The molecule has 1 saturated heterocycles. The van der Waals surface area contributed by atoms with Gasteiger partial charge in [0.15, 0.2) is 0 Å². The highest BCUT2D eigenvalue weighted by molar-refractivity contribution is 7.89. The Balaban J connectivity index is 1.83. The van der Waals surface area contributed by atoms with Crippen molar-refractivity contribution in [3.63, 3.8) is 0 Å². The first-order valence-corrected chi connectivity index (χ1v) is 9.86. The zero-order valence-electron chi connectivity index (χ0n) is 14.5. The molecule has 2 N–H and O–H groups in total. The fraction of sp³-hybridized carbons (Fsp3) is 0.389. The molecule has 1 aromatic carbocycles. The van der Waals surface area contributed by atoms with Crippen molar-refractivity contribution in [1.82, 2.24) is 14.6 Å². The minimum absolute atomic E-state index is 0.235. The smallest absolute Gasteiger partial charge is 0.268 e. The number of benzene rings is 1. The van der Waals surface area contributed by atoms with Gasteiger partial charge in [0.25, 0.3) is 5.91 Å². The van der Waals surface area contributed by atoms with Crippen LogP contribution in [0.4, 0.5) is 0 Å². The van der Waals surface area contributed by atoms with Gasteiger partial charge < -0.3 is 10.3 Å². The molecule has 2 heterocycles. The summed E-state index contributed by atoms with van der Waals surface area (Å²) in [6.45, 7) is 4.86. The fourth-order valence-electron chi connectivity index (χ4n) is 3.27. The standard InChI is InChI=1S/C18H23N3O3S/c1-13-16(18(22)19-12-15-8-4-3-5-9-15)20-14(2)17(13)25(23,24)21-10-6-7-11-21/h3-5,8-9,20H,6-7,10-12H2,1-2H3,(H,19,22). The van der Waals surface area contributed by atoms with Crippen LogP contribution in [0.3, 0.4) is 0 Å². The van der Waals surface area contributed by atoms with E-state index in [4.69, 9.17) is 0 Å². The Hall–Kier alpha value is -2.12. The third kappa shape index (κ3) is 3.48. The van der Waals surface area contributed by atoms with Crippen molar-refractivity contribution in [3.05, 3.63) is 52.8 Å². The lowest BCUT2D eigenvalue weighted by atomic mass is 10.2. The molecule has 3 rings (SSSR count). The van der Waals surface area contributed by atoms with Crippen LogP contribution >= 0.6 is 0 Å². The first-order chi connectivity index (χ1) is 11.9. The molecule has 0 unspecified atom stereocenters. The summed E-state index contributed by atoms with van der Waals surface area (Å²) in [5, 5.41) is 2.84. The third-order valence-electron chi connectivity index (χ3n) is 4.55. The van der Waals surface area contributed by atoms with Crippen LogP contribution in [0.1, 0.15) is 40.2 Å². The minimum atomic E-state index is -3.56. The van der Waals surface area contributed by atoms with Crippen molar-refractivity contribution < 1.29 is 13.2 Å². The maximum Gasteiger partial charge on any atom is 0.268 e. The van der Waals surface area contributed by atoms with E-state index in [9.17, 15) is 13.2 Å². The number of nitrogens with one attached hydrogen (secondary N) is 2. The highest BCUT2D eigenvalue weighted by Crippen LogP contribution is 2.28. The Bertz CT molecular complexity index is 866. The van der Waals surface area contributed by atoms with Crippen LogP contribution in [-0.2, 0) is 16.6 Å². The number of aryl methyl sites for hydroxylation is 1. The van der Waals surface area contributed by atoms with E-state index in [1.807, 2.05) is 30.3 Å². The van der Waals surface area contributed by atoms with E-state index in [-0.39, 0.29) is 10.8 Å². The molecule has 1 amide bonds. The summed E-state index contributed by atoms with van der Waals surface area (Å²) in [5.74, 6) is -0.299. The number of carbonyl (C=O) groups is 1. The second-order valence-electron chi connectivity index (χ2n) is 6.36. The molecule has 1 aliphatic rings. The first-order valence-electron chi connectivity index (χ1n) is 8.42. The zero-order valence-corrected chi connectivity index (χ0v) is 15.3. The van der Waals surface area contributed by atoms with Gasteiger partial charge in [0.05, 0.1) is 0 Å². The minimum Gasteiger partial charge on any atom is -0.353 e. The molecule has 7 heteroatoms. The van der Waals surface area contributed by atoms with Crippen molar-refractivity contribution in [2.75, 3.05) is 13.1 Å². The van der Waals surface area contributed by atoms with Crippen LogP contribution in [0.15, 0.2) is 35.2 Å². The van der Waals surface area contributed by atoms with Gasteiger partial charge >= 0.3 is 0 Å². The van der Waals surface area contributed by atoms with Crippen LogP contribution in [0.25, 0.3) is 0 Å². The van der Waals surface area contributed by atoms with Crippen molar-refractivity contribution in [2.24, 2.45) is 0 Å². The molecule has 1 aromatic heterocycles. The maximum absolute atomic E-state index is 12.9. The number of sulfonamides is 1. The SMILES string of the molecule is Cc1[nH]c(C(=O)NCc2ccccc2)c(C)c1S(=O)(=O)N1CCCC1. The van der Waals surface area contributed by atoms with Crippen molar-refractivity contribution in [2.45, 2.75) is 38.1 Å². The van der Waals surface area contributed by atoms with Gasteiger partial charge in [-0.05, 0) is 37.8 Å². The summed E-state index contributed by atoms with van der Waals surface area (Å²) in [5.41, 5.74) is 2.29. The number of aromatic nitrogens is 1. The average molecular weight is 361 g/mol. The molecule has 2 aromatic rings. The van der Waals surface area contributed by atoms with Crippen LogP contribution in [0.2, 0.25) is 0 Å². The predicted molar refractivity (Wildman–Crippen MR) is 95.9 cm³/mol. The monoisotopic (exact) mass is 361 g/mol. The Morgan fingerprint density at radius 2 is 1.80 bits per heavy atom. The molecular formula is C18H23N3O3S. The number of nitrogens with zero attached hydrogens (tertiary/aromatic N) is 1. The molecule has 25 heavy (non-hydrogen) atoms. The Labute approximate surface area is 148 Å². The van der Waals surface area contributed by atoms with Gasteiger partial charge in [-0.2, -0.15) is 4.31 Å². The third-order valence-corrected chi connectivity index (χ3v) is 6.73. The quantitative estimate of drug-likeness (QED) is 0.858. The first kappa shape index (κ1) is 17.7. The maximum atomic E-state index is 12.9. The summed E-state index contributed by atoms with van der Waals surface area (Å²) in [4.78, 5) is 15.7. The number of aromatic amines is 1. The van der Waals surface area contributed by atoms with Gasteiger partial charge in [-0.15, -0.1) is 0 Å². The van der Waals surface area contributed by atoms with Crippen molar-refractivity contribution in [3.8, 4) is 0 Å². The van der Waals surface area contributed by atoms with E-state index >= 15 is 0 Å². The normalized spacial score (nSPS) is 15.4. The van der Waals surface area contributed by atoms with Gasteiger partial charge in [0, 0.05) is 25.3 Å². The van der Waals surface area contributed by atoms with Gasteiger partial charge in [-0.1, -0.05) is 30.3 Å². The van der Waals surface area contributed by atoms with Crippen LogP contribution in [0, 0.1) is 13.8 Å². The molecule has 1 fully saturated rings. The summed E-state index contributed by atoms with van der Waals surface area (Å²) in [6.07, 6.45) is 1.76. The van der Waals surface area contributed by atoms with E-state index in [1.54, 1.807) is 13.8 Å². The highest BCUT2D eigenvalue weighted by Gasteiger charge is 2.33. The lowest BCUT2D eigenvalue weighted by Gasteiger charge is -2.16. The van der Waals surface area contributed by atoms with E-state index in [0.717, 1.165) is 18.4 Å². The summed E-state index contributed by atoms with van der Waals surface area (Å²) in [6, 6.07) is 9.59. The molecule has 1 aliphatic heterocycles. The van der Waals surface area contributed by atoms with Gasteiger partial charge in [0.2, 0.25) is 10.0 Å². The molecule has 0 atom stereocenters.